The van der Waals surface area contributed by atoms with Gasteiger partial charge in [0.2, 0.25) is 0 Å². The van der Waals surface area contributed by atoms with E-state index in [1.54, 1.807) is 7.05 Å². The van der Waals surface area contributed by atoms with Gasteiger partial charge in [-0.05, 0) is 31.4 Å². The Morgan fingerprint density at radius 2 is 1.96 bits per heavy atom. The maximum Gasteiger partial charge on any atom is 0.191 e. The van der Waals surface area contributed by atoms with Gasteiger partial charge in [-0.2, -0.15) is 0 Å². The van der Waals surface area contributed by atoms with Crippen LogP contribution in [0.15, 0.2) is 29.5 Å². The van der Waals surface area contributed by atoms with Crippen LogP contribution in [-0.4, -0.2) is 48.2 Å². The predicted molar refractivity (Wildman–Crippen MR) is 126 cm³/mol. The third kappa shape index (κ3) is 6.92. The number of hydrogen-bond acceptors (Lipinski definition) is 3. The second-order valence-electron chi connectivity index (χ2n) is 7.31. The van der Waals surface area contributed by atoms with Gasteiger partial charge >= 0.3 is 0 Å². The van der Waals surface area contributed by atoms with Crippen molar-refractivity contribution in [1.82, 2.24) is 20.0 Å². The maximum atomic E-state index is 6.02. The second kappa shape index (κ2) is 12.3. The van der Waals surface area contributed by atoms with Gasteiger partial charge in [-0.25, -0.2) is 4.98 Å². The van der Waals surface area contributed by atoms with Gasteiger partial charge in [0, 0.05) is 39.0 Å². The Kier molecular flexibility index (Phi) is 10.0. The van der Waals surface area contributed by atoms with Gasteiger partial charge in [-0.3, -0.25) is 4.99 Å². The molecule has 1 aliphatic carbocycles. The van der Waals surface area contributed by atoms with E-state index in [0.717, 1.165) is 43.4 Å². The Labute approximate surface area is 185 Å². The van der Waals surface area contributed by atoms with E-state index in [9.17, 15) is 0 Å². The molecule has 0 aliphatic heterocycles. The van der Waals surface area contributed by atoms with Gasteiger partial charge in [0.15, 0.2) is 5.96 Å². The normalized spacial score (nSPS) is 15.9. The number of aliphatic imine (C=N–C) groups is 1. The van der Waals surface area contributed by atoms with Crippen molar-refractivity contribution in [3.63, 3.8) is 0 Å². The molecule has 0 spiro atoms. The third-order valence-electron chi connectivity index (χ3n) is 5.18. The molecule has 156 valence electrons. The molecule has 0 atom stereocenters. The number of nitrogens with one attached hydrogen (secondary N) is 2. The van der Waals surface area contributed by atoms with E-state index < -0.39 is 0 Å². The zero-order valence-corrected chi connectivity index (χ0v) is 19.4. The molecule has 7 heteroatoms. The molecular weight excluding hydrogens is 465 g/mol. The van der Waals surface area contributed by atoms with E-state index in [1.165, 1.54) is 44.1 Å². The van der Waals surface area contributed by atoms with Crippen LogP contribution < -0.4 is 10.6 Å². The van der Waals surface area contributed by atoms with Gasteiger partial charge < -0.3 is 19.8 Å². The molecule has 0 unspecified atom stereocenters. The van der Waals surface area contributed by atoms with E-state index in [4.69, 9.17) is 9.72 Å². The van der Waals surface area contributed by atoms with Crippen LogP contribution >= 0.6 is 24.0 Å². The number of guanidine groups is 1. The molecule has 1 fully saturated rings. The number of rotatable bonds is 7. The van der Waals surface area contributed by atoms with Crippen molar-refractivity contribution in [2.45, 2.75) is 58.0 Å². The highest BCUT2D eigenvalue weighted by Gasteiger charge is 2.12. The molecule has 1 saturated carbocycles. The van der Waals surface area contributed by atoms with Crippen molar-refractivity contribution < 1.29 is 4.74 Å². The van der Waals surface area contributed by atoms with Crippen LogP contribution in [-0.2, 0) is 11.2 Å². The molecule has 0 bridgehead atoms. The van der Waals surface area contributed by atoms with E-state index >= 15 is 0 Å². The lowest BCUT2D eigenvalue weighted by molar-refractivity contribution is 0.0468. The average Bonchev–Trinajstić information content (AvgIpc) is 2.92. The summed E-state index contributed by atoms with van der Waals surface area (Å²) in [5.41, 5.74) is 3.32. The Balaban J connectivity index is 0.00000280. The number of halogens is 1. The quantitative estimate of drug-likeness (QED) is 0.201. The smallest absolute Gasteiger partial charge is 0.191 e. The summed E-state index contributed by atoms with van der Waals surface area (Å²) in [4.78, 5) is 9.00. The molecule has 28 heavy (non-hydrogen) atoms. The first-order valence-corrected chi connectivity index (χ1v) is 10.3. The molecule has 2 N–H and O–H groups in total. The fourth-order valence-electron chi connectivity index (χ4n) is 3.66. The first-order chi connectivity index (χ1) is 13.3. The third-order valence-corrected chi connectivity index (χ3v) is 5.18. The van der Waals surface area contributed by atoms with Crippen molar-refractivity contribution in [2.24, 2.45) is 4.99 Å². The predicted octanol–water partition coefficient (Wildman–Crippen LogP) is 3.71. The van der Waals surface area contributed by atoms with E-state index in [2.05, 4.69) is 45.3 Å². The van der Waals surface area contributed by atoms with E-state index in [-0.39, 0.29) is 24.0 Å². The Bertz CT molecular complexity index is 737. The molecule has 0 saturated heterocycles. The number of imidazole rings is 1. The molecule has 2 aromatic rings. The first kappa shape index (κ1) is 22.9. The number of fused-ring (bicyclic) bond motifs is 1. The van der Waals surface area contributed by atoms with Crippen molar-refractivity contribution in [2.75, 3.05) is 26.7 Å². The minimum Gasteiger partial charge on any atom is -0.376 e. The Hall–Kier alpha value is -1.35. The summed E-state index contributed by atoms with van der Waals surface area (Å²) in [6, 6.07) is 4.14. The minimum atomic E-state index is 0. The summed E-state index contributed by atoms with van der Waals surface area (Å²) in [6.07, 6.45) is 13.2. The molecular formula is C21H34IN5O. The van der Waals surface area contributed by atoms with Crippen LogP contribution in [0.4, 0.5) is 0 Å². The molecule has 6 nitrogen and oxygen atoms in total. The van der Waals surface area contributed by atoms with Crippen LogP contribution in [0.3, 0.4) is 0 Å². The fraction of sp³-hybridized carbons (Fsp3) is 0.619. The van der Waals surface area contributed by atoms with Crippen LogP contribution in [0.25, 0.3) is 5.65 Å². The number of ether oxygens (including phenoxy) is 1. The van der Waals surface area contributed by atoms with Crippen LogP contribution in [0.2, 0.25) is 0 Å². The van der Waals surface area contributed by atoms with Crippen molar-refractivity contribution in [1.29, 1.82) is 0 Å². The minimum absolute atomic E-state index is 0. The van der Waals surface area contributed by atoms with Gasteiger partial charge in [-0.15, -0.1) is 24.0 Å². The van der Waals surface area contributed by atoms with Crippen LogP contribution in [0.1, 0.15) is 49.8 Å². The highest BCUT2D eigenvalue weighted by molar-refractivity contribution is 14.0. The van der Waals surface area contributed by atoms with Gasteiger partial charge in [-0.1, -0.05) is 31.7 Å². The summed E-state index contributed by atoms with van der Waals surface area (Å²) in [5, 5.41) is 6.69. The lowest BCUT2D eigenvalue weighted by Crippen LogP contribution is -2.40. The zero-order chi connectivity index (χ0) is 18.9. The highest BCUT2D eigenvalue weighted by Crippen LogP contribution is 2.19. The number of nitrogens with zero attached hydrogens (tertiary/aromatic N) is 3. The summed E-state index contributed by atoms with van der Waals surface area (Å²) < 4.78 is 8.10. The molecule has 2 heterocycles. The first-order valence-electron chi connectivity index (χ1n) is 10.3. The van der Waals surface area contributed by atoms with Crippen LogP contribution in [0, 0.1) is 6.92 Å². The van der Waals surface area contributed by atoms with Crippen LogP contribution in [0.5, 0.6) is 0 Å². The summed E-state index contributed by atoms with van der Waals surface area (Å²) in [5.74, 6) is 0.819. The van der Waals surface area contributed by atoms with E-state index in [1.807, 2.05) is 6.20 Å². The lowest BCUT2D eigenvalue weighted by atomic mass is 10.1. The standard InChI is InChI=1S/C21H33N5O.HI/c1-17-8-7-14-26-16-18(25-20(17)26)11-12-23-21(22-2)24-13-15-27-19-9-5-3-4-6-10-19;/h7-8,14,16,19H,3-6,9-13,15H2,1-2H3,(H2,22,23,24);1H. The molecule has 3 rings (SSSR count). The van der Waals surface area contributed by atoms with Gasteiger partial charge in [0.25, 0.3) is 0 Å². The summed E-state index contributed by atoms with van der Waals surface area (Å²) >= 11 is 0. The molecule has 1 aliphatic rings. The maximum absolute atomic E-state index is 6.02. The zero-order valence-electron chi connectivity index (χ0n) is 17.1. The molecule has 0 radical (unpaired) electrons. The summed E-state index contributed by atoms with van der Waals surface area (Å²) in [6.45, 7) is 4.40. The number of pyridine rings is 1. The van der Waals surface area contributed by atoms with Crippen molar-refractivity contribution >= 4 is 35.6 Å². The molecule has 0 amide bonds. The number of aromatic nitrogens is 2. The Morgan fingerprint density at radius 1 is 1.21 bits per heavy atom. The van der Waals surface area contributed by atoms with E-state index in [0.29, 0.717) is 6.10 Å². The van der Waals surface area contributed by atoms with Gasteiger partial charge in [0.05, 0.1) is 18.4 Å². The molecule has 2 aromatic heterocycles. The second-order valence-corrected chi connectivity index (χ2v) is 7.31. The number of hydrogen-bond donors (Lipinski definition) is 2. The average molecular weight is 499 g/mol. The largest absolute Gasteiger partial charge is 0.376 e. The molecule has 0 aromatic carbocycles. The monoisotopic (exact) mass is 499 g/mol. The van der Waals surface area contributed by atoms with Gasteiger partial charge in [0.1, 0.15) is 5.65 Å². The lowest BCUT2D eigenvalue weighted by Gasteiger charge is -2.16. The SMILES string of the molecule is CN=C(NCCOC1CCCCCC1)NCCc1cn2cccc(C)c2n1.I. The number of aryl methyl sites for hydroxylation is 1. The Morgan fingerprint density at radius 3 is 2.68 bits per heavy atom. The summed E-state index contributed by atoms with van der Waals surface area (Å²) in [7, 11) is 1.80. The topological polar surface area (TPSA) is 63.0 Å². The van der Waals surface area contributed by atoms with Crippen molar-refractivity contribution in [3.05, 3.63) is 35.8 Å². The fourth-order valence-corrected chi connectivity index (χ4v) is 3.66. The van der Waals surface area contributed by atoms with Crippen molar-refractivity contribution in [3.8, 4) is 0 Å². The highest BCUT2D eigenvalue weighted by atomic mass is 127.